The Kier molecular flexibility index (Phi) is 4.06. The van der Waals surface area contributed by atoms with Gasteiger partial charge in [-0.1, -0.05) is 48.5 Å². The van der Waals surface area contributed by atoms with Gasteiger partial charge in [-0.25, -0.2) is 0 Å². The summed E-state index contributed by atoms with van der Waals surface area (Å²) in [4.78, 5) is 22.2. The highest BCUT2D eigenvalue weighted by atomic mass is 16.4. The molecule has 0 aliphatic heterocycles. The molecule has 29 heavy (non-hydrogen) atoms. The van der Waals surface area contributed by atoms with Gasteiger partial charge in [0.25, 0.3) is 5.56 Å². The predicted molar refractivity (Wildman–Crippen MR) is 113 cm³/mol. The molecule has 0 saturated heterocycles. The van der Waals surface area contributed by atoms with Crippen LogP contribution >= 0.6 is 0 Å². The van der Waals surface area contributed by atoms with Crippen LogP contribution in [-0.2, 0) is 0 Å². The van der Waals surface area contributed by atoms with E-state index < -0.39 is 0 Å². The quantitative estimate of drug-likeness (QED) is 0.442. The maximum absolute atomic E-state index is 13.2. The molecule has 0 atom stereocenters. The maximum atomic E-state index is 13.2. The van der Waals surface area contributed by atoms with Crippen LogP contribution < -0.4 is 5.56 Å². The number of hydrogen-bond acceptors (Lipinski definition) is 4. The number of nitrogens with zero attached hydrogens (tertiary/aromatic N) is 3. The lowest BCUT2D eigenvalue weighted by molar-refractivity contribution is 0.588. The summed E-state index contributed by atoms with van der Waals surface area (Å²) in [5.74, 6) is 1.45. The molecular formula is C24H17N3O2. The summed E-state index contributed by atoms with van der Waals surface area (Å²) in [5, 5.41) is 0.805. The first-order chi connectivity index (χ1) is 14.2. The molecule has 140 valence electrons. The Hall–Kier alpha value is -3.99. The van der Waals surface area contributed by atoms with Crippen LogP contribution in [0.4, 0.5) is 0 Å². The molecule has 5 aromatic rings. The average molecular weight is 379 g/mol. The van der Waals surface area contributed by atoms with Crippen LogP contribution in [0.25, 0.3) is 39.5 Å². The SMILES string of the molecule is Cc1cnc2c(=O)n(-c3nc(-c4ccccc4)oc3-c3ccccc3)ccc2c1. The van der Waals surface area contributed by atoms with E-state index in [1.165, 1.54) is 4.57 Å². The molecule has 5 heteroatoms. The van der Waals surface area contributed by atoms with Crippen molar-refractivity contribution in [3.63, 3.8) is 0 Å². The fourth-order valence-electron chi connectivity index (χ4n) is 3.36. The zero-order valence-corrected chi connectivity index (χ0v) is 15.7. The third-order valence-corrected chi connectivity index (χ3v) is 4.77. The smallest absolute Gasteiger partial charge is 0.282 e. The first kappa shape index (κ1) is 17.1. The Labute approximate surface area is 166 Å². The molecule has 0 saturated carbocycles. The summed E-state index contributed by atoms with van der Waals surface area (Å²) < 4.78 is 7.64. The lowest BCUT2D eigenvalue weighted by Crippen LogP contribution is -2.19. The fourth-order valence-corrected chi connectivity index (χ4v) is 3.36. The van der Waals surface area contributed by atoms with Crippen LogP contribution in [0.3, 0.4) is 0 Å². The van der Waals surface area contributed by atoms with Gasteiger partial charge in [-0.05, 0) is 36.8 Å². The van der Waals surface area contributed by atoms with Crippen LogP contribution in [0, 0.1) is 6.92 Å². The summed E-state index contributed by atoms with van der Waals surface area (Å²) in [6.07, 6.45) is 3.43. The number of oxazole rings is 1. The van der Waals surface area contributed by atoms with Crippen molar-refractivity contribution < 1.29 is 4.42 Å². The van der Waals surface area contributed by atoms with Gasteiger partial charge in [-0.15, -0.1) is 0 Å². The molecule has 0 radical (unpaired) electrons. The zero-order chi connectivity index (χ0) is 19.8. The predicted octanol–water partition coefficient (Wildman–Crippen LogP) is 5.02. The minimum absolute atomic E-state index is 0.229. The molecule has 0 fully saturated rings. The number of benzene rings is 2. The van der Waals surface area contributed by atoms with Gasteiger partial charge in [-0.3, -0.25) is 14.3 Å². The Morgan fingerprint density at radius 2 is 1.59 bits per heavy atom. The number of rotatable bonds is 3. The average Bonchev–Trinajstić information content (AvgIpc) is 3.20. The van der Waals surface area contributed by atoms with Crippen molar-refractivity contribution in [2.45, 2.75) is 6.92 Å². The third kappa shape index (κ3) is 3.02. The molecule has 3 aromatic heterocycles. The molecule has 0 N–H and O–H groups in total. The number of aromatic nitrogens is 3. The van der Waals surface area contributed by atoms with Crippen LogP contribution in [0.2, 0.25) is 0 Å². The van der Waals surface area contributed by atoms with E-state index >= 15 is 0 Å². The monoisotopic (exact) mass is 379 g/mol. The van der Waals surface area contributed by atoms with E-state index in [2.05, 4.69) is 9.97 Å². The van der Waals surface area contributed by atoms with Crippen molar-refractivity contribution >= 4 is 10.9 Å². The normalized spacial score (nSPS) is 11.1. The van der Waals surface area contributed by atoms with Gasteiger partial charge in [0.15, 0.2) is 11.6 Å². The van der Waals surface area contributed by atoms with E-state index in [-0.39, 0.29) is 5.56 Å². The van der Waals surface area contributed by atoms with Crippen molar-refractivity contribution in [2.75, 3.05) is 0 Å². The molecule has 0 bridgehead atoms. The summed E-state index contributed by atoms with van der Waals surface area (Å²) in [5.41, 5.74) is 2.88. The second-order valence-electron chi connectivity index (χ2n) is 6.85. The number of fused-ring (bicyclic) bond motifs is 1. The van der Waals surface area contributed by atoms with E-state index in [1.54, 1.807) is 12.4 Å². The highest BCUT2D eigenvalue weighted by molar-refractivity contribution is 5.79. The summed E-state index contributed by atoms with van der Waals surface area (Å²) in [6, 6.07) is 23.1. The molecule has 0 aliphatic carbocycles. The Balaban J connectivity index is 1.77. The molecule has 5 rings (SSSR count). The molecule has 0 amide bonds. The number of hydrogen-bond donors (Lipinski definition) is 0. The van der Waals surface area contributed by atoms with Crippen LogP contribution in [0.15, 0.2) is 94.4 Å². The van der Waals surface area contributed by atoms with Crippen molar-refractivity contribution in [1.82, 2.24) is 14.5 Å². The number of aryl methyl sites for hydroxylation is 1. The second-order valence-corrected chi connectivity index (χ2v) is 6.85. The topological polar surface area (TPSA) is 60.9 Å². The van der Waals surface area contributed by atoms with E-state index in [9.17, 15) is 4.79 Å². The molecule has 5 nitrogen and oxygen atoms in total. The first-order valence-electron chi connectivity index (χ1n) is 9.31. The molecule has 0 unspecified atom stereocenters. The Morgan fingerprint density at radius 1 is 0.897 bits per heavy atom. The van der Waals surface area contributed by atoms with Crippen molar-refractivity contribution in [2.24, 2.45) is 0 Å². The Morgan fingerprint density at radius 3 is 2.31 bits per heavy atom. The highest BCUT2D eigenvalue weighted by Crippen LogP contribution is 2.31. The lowest BCUT2D eigenvalue weighted by atomic mass is 10.1. The van der Waals surface area contributed by atoms with Gasteiger partial charge in [0.1, 0.15) is 5.52 Å². The van der Waals surface area contributed by atoms with Crippen molar-refractivity contribution in [3.05, 3.63) is 101 Å². The van der Waals surface area contributed by atoms with Crippen LogP contribution in [0.5, 0.6) is 0 Å². The van der Waals surface area contributed by atoms with Gasteiger partial charge in [-0.2, -0.15) is 4.98 Å². The fraction of sp³-hybridized carbons (Fsp3) is 0.0417. The maximum Gasteiger partial charge on any atom is 0.282 e. The van der Waals surface area contributed by atoms with Crippen LogP contribution in [-0.4, -0.2) is 14.5 Å². The molecule has 0 aliphatic rings. The Bertz CT molecular complexity index is 1370. The minimum atomic E-state index is -0.229. The molecule has 3 heterocycles. The summed E-state index contributed by atoms with van der Waals surface area (Å²) in [6.45, 7) is 1.95. The summed E-state index contributed by atoms with van der Waals surface area (Å²) in [7, 11) is 0. The van der Waals surface area contributed by atoms with Crippen LogP contribution in [0.1, 0.15) is 5.56 Å². The lowest BCUT2D eigenvalue weighted by Gasteiger charge is -2.06. The molecular weight excluding hydrogens is 362 g/mol. The van der Waals surface area contributed by atoms with Gasteiger partial charge in [0, 0.05) is 28.9 Å². The highest BCUT2D eigenvalue weighted by Gasteiger charge is 2.19. The number of pyridine rings is 2. The third-order valence-electron chi connectivity index (χ3n) is 4.77. The standard InChI is InChI=1S/C24H17N3O2/c1-16-14-19-12-13-27(24(28)20(19)25-15-16)22-21(17-8-4-2-5-9-17)29-23(26-22)18-10-6-3-7-11-18/h2-15H,1H3. The zero-order valence-electron chi connectivity index (χ0n) is 15.7. The molecule has 2 aromatic carbocycles. The minimum Gasteiger partial charge on any atom is -0.434 e. The van der Waals surface area contributed by atoms with Crippen molar-refractivity contribution in [3.8, 4) is 28.6 Å². The second kappa shape index (κ2) is 6.87. The van der Waals surface area contributed by atoms with Gasteiger partial charge >= 0.3 is 0 Å². The first-order valence-corrected chi connectivity index (χ1v) is 9.31. The van der Waals surface area contributed by atoms with E-state index in [0.717, 1.165) is 22.1 Å². The summed E-state index contributed by atoms with van der Waals surface area (Å²) >= 11 is 0. The van der Waals surface area contributed by atoms with Crippen molar-refractivity contribution in [1.29, 1.82) is 0 Å². The van der Waals surface area contributed by atoms with E-state index in [1.807, 2.05) is 79.7 Å². The van der Waals surface area contributed by atoms with Gasteiger partial charge < -0.3 is 4.42 Å². The van der Waals surface area contributed by atoms with E-state index in [4.69, 9.17) is 4.42 Å². The van der Waals surface area contributed by atoms with Gasteiger partial charge in [0.2, 0.25) is 5.89 Å². The van der Waals surface area contributed by atoms with E-state index in [0.29, 0.717) is 23.0 Å². The van der Waals surface area contributed by atoms with Gasteiger partial charge in [0.05, 0.1) is 0 Å². The molecule has 0 spiro atoms. The largest absolute Gasteiger partial charge is 0.434 e.